The Morgan fingerprint density at radius 1 is 1.41 bits per heavy atom. The molecule has 2 N–H and O–H groups in total. The number of carboxylic acid groups (broad SMARTS) is 1. The Hall–Kier alpha value is -2.70. The Labute approximate surface area is 128 Å². The van der Waals surface area contributed by atoms with Gasteiger partial charge in [0.25, 0.3) is 5.91 Å². The van der Waals surface area contributed by atoms with E-state index in [1.165, 1.54) is 6.20 Å². The van der Waals surface area contributed by atoms with E-state index in [9.17, 15) is 9.59 Å². The molecule has 0 saturated carbocycles. The van der Waals surface area contributed by atoms with E-state index in [-0.39, 0.29) is 5.69 Å². The second-order valence-electron chi connectivity index (χ2n) is 4.88. The Balaban J connectivity index is 2.12. The number of carboxylic acids is 1. The number of imidazole rings is 1. The van der Waals surface area contributed by atoms with E-state index in [2.05, 4.69) is 15.3 Å². The van der Waals surface area contributed by atoms with Gasteiger partial charge in [0.05, 0.1) is 12.0 Å². The zero-order chi connectivity index (χ0) is 15.9. The van der Waals surface area contributed by atoms with Crippen molar-refractivity contribution in [2.75, 3.05) is 0 Å². The predicted octanol–water partition coefficient (Wildman–Crippen LogP) is 1.64. The van der Waals surface area contributed by atoms with E-state index < -0.39 is 17.9 Å². The molecule has 2 aromatic rings. The van der Waals surface area contributed by atoms with Gasteiger partial charge in [-0.25, -0.2) is 9.78 Å². The van der Waals surface area contributed by atoms with Crippen molar-refractivity contribution < 1.29 is 14.7 Å². The summed E-state index contributed by atoms with van der Waals surface area (Å²) in [4.78, 5) is 31.3. The third kappa shape index (κ3) is 3.91. The van der Waals surface area contributed by atoms with Crippen LogP contribution in [-0.2, 0) is 4.79 Å². The standard InChI is InChI=1S/C15H18N4O3/c1-2-3-4-12(15(21)22)18-14(20)13-9-11(5-6-17-13)19-8-7-16-10-19/h5-10,12H,2-4H2,1H3,(H,18,20)(H,21,22). The second-order valence-corrected chi connectivity index (χ2v) is 4.88. The fraction of sp³-hybridized carbons (Fsp3) is 0.333. The molecule has 2 aromatic heterocycles. The Morgan fingerprint density at radius 3 is 2.86 bits per heavy atom. The summed E-state index contributed by atoms with van der Waals surface area (Å²) >= 11 is 0. The van der Waals surface area contributed by atoms with Crippen LogP contribution < -0.4 is 5.32 Å². The summed E-state index contributed by atoms with van der Waals surface area (Å²) in [6.07, 6.45) is 8.50. The van der Waals surface area contributed by atoms with Gasteiger partial charge in [0.15, 0.2) is 0 Å². The maximum atomic E-state index is 12.2. The monoisotopic (exact) mass is 302 g/mol. The van der Waals surface area contributed by atoms with Crippen LogP contribution in [-0.4, -0.2) is 37.6 Å². The quantitative estimate of drug-likeness (QED) is 0.810. The molecule has 0 aliphatic carbocycles. The number of hydrogen-bond donors (Lipinski definition) is 2. The maximum Gasteiger partial charge on any atom is 0.326 e. The molecule has 0 radical (unpaired) electrons. The van der Waals surface area contributed by atoms with E-state index >= 15 is 0 Å². The SMILES string of the molecule is CCCCC(NC(=O)c1cc(-n2ccnc2)ccn1)C(=O)O. The highest BCUT2D eigenvalue weighted by atomic mass is 16.4. The van der Waals surface area contributed by atoms with Crippen LogP contribution in [0.1, 0.15) is 36.7 Å². The van der Waals surface area contributed by atoms with E-state index in [1.54, 1.807) is 35.4 Å². The lowest BCUT2D eigenvalue weighted by atomic mass is 10.1. The molecule has 0 aliphatic rings. The van der Waals surface area contributed by atoms with Crippen molar-refractivity contribution in [3.8, 4) is 5.69 Å². The van der Waals surface area contributed by atoms with Gasteiger partial charge in [-0.05, 0) is 18.6 Å². The van der Waals surface area contributed by atoms with E-state index in [4.69, 9.17) is 5.11 Å². The summed E-state index contributed by atoms with van der Waals surface area (Å²) in [5.41, 5.74) is 0.909. The largest absolute Gasteiger partial charge is 0.480 e. The smallest absolute Gasteiger partial charge is 0.326 e. The molecular formula is C15H18N4O3. The van der Waals surface area contributed by atoms with Gasteiger partial charge < -0.3 is 15.0 Å². The predicted molar refractivity (Wildman–Crippen MR) is 79.8 cm³/mol. The molecule has 0 saturated heterocycles. The lowest BCUT2D eigenvalue weighted by molar-refractivity contribution is -0.139. The third-order valence-electron chi connectivity index (χ3n) is 3.23. The van der Waals surface area contributed by atoms with Gasteiger partial charge >= 0.3 is 5.97 Å². The molecule has 0 spiro atoms. The number of amides is 1. The van der Waals surface area contributed by atoms with Crippen LogP contribution in [0.3, 0.4) is 0 Å². The first-order chi connectivity index (χ1) is 10.6. The van der Waals surface area contributed by atoms with E-state index in [0.29, 0.717) is 6.42 Å². The summed E-state index contributed by atoms with van der Waals surface area (Å²) in [7, 11) is 0. The van der Waals surface area contributed by atoms with Crippen molar-refractivity contribution in [1.29, 1.82) is 0 Å². The molecule has 0 bridgehead atoms. The van der Waals surface area contributed by atoms with Crippen LogP contribution in [0, 0.1) is 0 Å². The zero-order valence-corrected chi connectivity index (χ0v) is 12.3. The number of aromatic nitrogens is 3. The number of aliphatic carboxylic acids is 1. The van der Waals surface area contributed by atoms with Gasteiger partial charge in [0.1, 0.15) is 11.7 Å². The van der Waals surface area contributed by atoms with Crippen molar-refractivity contribution >= 4 is 11.9 Å². The first-order valence-corrected chi connectivity index (χ1v) is 7.10. The summed E-state index contributed by atoms with van der Waals surface area (Å²) in [6, 6.07) is 2.44. The molecule has 0 fully saturated rings. The number of carbonyl (C=O) groups is 2. The van der Waals surface area contributed by atoms with Crippen LogP contribution in [0.25, 0.3) is 5.69 Å². The summed E-state index contributed by atoms with van der Waals surface area (Å²) < 4.78 is 1.74. The summed E-state index contributed by atoms with van der Waals surface area (Å²) in [5, 5.41) is 11.7. The average molecular weight is 302 g/mol. The molecule has 0 aromatic carbocycles. The normalized spacial score (nSPS) is 11.9. The molecule has 7 nitrogen and oxygen atoms in total. The molecular weight excluding hydrogens is 284 g/mol. The van der Waals surface area contributed by atoms with Gasteiger partial charge in [0.2, 0.25) is 0 Å². The van der Waals surface area contributed by atoms with Gasteiger partial charge in [0, 0.05) is 18.6 Å². The van der Waals surface area contributed by atoms with Crippen LogP contribution in [0.5, 0.6) is 0 Å². The molecule has 2 rings (SSSR count). The zero-order valence-electron chi connectivity index (χ0n) is 12.3. The highest BCUT2D eigenvalue weighted by Gasteiger charge is 2.20. The van der Waals surface area contributed by atoms with Crippen LogP contribution in [0.15, 0.2) is 37.1 Å². The van der Waals surface area contributed by atoms with Gasteiger partial charge in [-0.2, -0.15) is 0 Å². The first kappa shape index (κ1) is 15.7. The molecule has 7 heteroatoms. The molecule has 0 aliphatic heterocycles. The molecule has 1 amide bonds. The van der Waals surface area contributed by atoms with Crippen LogP contribution in [0.2, 0.25) is 0 Å². The first-order valence-electron chi connectivity index (χ1n) is 7.10. The number of hydrogen-bond acceptors (Lipinski definition) is 4. The third-order valence-corrected chi connectivity index (χ3v) is 3.23. The number of pyridine rings is 1. The van der Waals surface area contributed by atoms with Crippen molar-refractivity contribution in [3.63, 3.8) is 0 Å². The van der Waals surface area contributed by atoms with Crippen molar-refractivity contribution in [2.45, 2.75) is 32.2 Å². The van der Waals surface area contributed by atoms with Gasteiger partial charge in [-0.3, -0.25) is 9.78 Å². The molecule has 2 heterocycles. The highest BCUT2D eigenvalue weighted by Crippen LogP contribution is 2.09. The number of nitrogens with zero attached hydrogens (tertiary/aromatic N) is 3. The number of rotatable bonds is 7. The minimum Gasteiger partial charge on any atom is -0.480 e. The molecule has 116 valence electrons. The van der Waals surface area contributed by atoms with Gasteiger partial charge in [-0.15, -0.1) is 0 Å². The van der Waals surface area contributed by atoms with Crippen LogP contribution in [0.4, 0.5) is 0 Å². The molecule has 1 atom stereocenters. The second kappa shape index (κ2) is 7.35. The summed E-state index contributed by atoms with van der Waals surface area (Å²) in [5.74, 6) is -1.53. The van der Waals surface area contributed by atoms with E-state index in [0.717, 1.165) is 18.5 Å². The van der Waals surface area contributed by atoms with Crippen molar-refractivity contribution in [3.05, 3.63) is 42.7 Å². The number of unbranched alkanes of at least 4 members (excludes halogenated alkanes) is 1. The Kier molecular flexibility index (Phi) is 5.24. The topological polar surface area (TPSA) is 97.1 Å². The summed E-state index contributed by atoms with van der Waals surface area (Å²) in [6.45, 7) is 1.97. The average Bonchev–Trinajstić information content (AvgIpc) is 3.05. The number of carbonyl (C=O) groups excluding carboxylic acids is 1. The fourth-order valence-corrected chi connectivity index (χ4v) is 2.01. The molecule has 22 heavy (non-hydrogen) atoms. The lowest BCUT2D eigenvalue weighted by Crippen LogP contribution is -2.41. The van der Waals surface area contributed by atoms with E-state index in [1.807, 2.05) is 6.92 Å². The highest BCUT2D eigenvalue weighted by molar-refractivity contribution is 5.95. The Bertz CT molecular complexity index is 640. The maximum absolute atomic E-state index is 12.2. The van der Waals surface area contributed by atoms with Crippen molar-refractivity contribution in [2.24, 2.45) is 0 Å². The van der Waals surface area contributed by atoms with Gasteiger partial charge in [-0.1, -0.05) is 19.8 Å². The Morgan fingerprint density at radius 2 is 2.23 bits per heavy atom. The van der Waals surface area contributed by atoms with Crippen molar-refractivity contribution in [1.82, 2.24) is 19.9 Å². The van der Waals surface area contributed by atoms with Crippen LogP contribution >= 0.6 is 0 Å². The number of nitrogens with one attached hydrogen (secondary N) is 1. The lowest BCUT2D eigenvalue weighted by Gasteiger charge is -2.14. The molecule has 1 unspecified atom stereocenters. The minimum absolute atomic E-state index is 0.175. The minimum atomic E-state index is -1.03. The fourth-order valence-electron chi connectivity index (χ4n) is 2.01.